The zero-order valence-corrected chi connectivity index (χ0v) is 15.5. The van der Waals surface area contributed by atoms with E-state index in [9.17, 15) is 14.4 Å². The van der Waals surface area contributed by atoms with Crippen LogP contribution in [0.2, 0.25) is 5.02 Å². The minimum atomic E-state index is -0.713. The molecule has 2 aromatic carbocycles. The van der Waals surface area contributed by atoms with E-state index >= 15 is 0 Å². The molecule has 7 nitrogen and oxygen atoms in total. The van der Waals surface area contributed by atoms with Gasteiger partial charge in [-0.05, 0) is 36.2 Å². The Morgan fingerprint density at radius 1 is 1.11 bits per heavy atom. The molecule has 0 spiro atoms. The molecule has 0 aliphatic heterocycles. The number of carbonyl (C=O) groups is 3. The van der Waals surface area contributed by atoms with Crippen molar-refractivity contribution in [2.45, 2.75) is 13.3 Å². The van der Waals surface area contributed by atoms with Crippen molar-refractivity contribution in [2.24, 2.45) is 0 Å². The number of para-hydroxylation sites is 1. The summed E-state index contributed by atoms with van der Waals surface area (Å²) in [6.45, 7) is 1.23. The molecule has 2 amide bonds. The molecule has 0 heterocycles. The van der Waals surface area contributed by atoms with E-state index in [0.717, 1.165) is 12.0 Å². The number of hydrogen-bond donors (Lipinski definition) is 3. The quantitative estimate of drug-likeness (QED) is 0.497. The third kappa shape index (κ3) is 6.00. The summed E-state index contributed by atoms with van der Waals surface area (Å²) < 4.78 is 4.89. The lowest BCUT2D eigenvalue weighted by atomic mass is 10.1. The predicted octanol–water partition coefficient (Wildman–Crippen LogP) is 2.40. The van der Waals surface area contributed by atoms with Gasteiger partial charge in [-0.3, -0.25) is 9.59 Å². The van der Waals surface area contributed by atoms with Crippen molar-refractivity contribution in [3.63, 3.8) is 0 Å². The van der Waals surface area contributed by atoms with E-state index in [2.05, 4.69) is 10.6 Å². The molecule has 0 saturated heterocycles. The summed E-state index contributed by atoms with van der Waals surface area (Å²) in [5.41, 5.74) is 7.72. The number of esters is 1. The second-order valence-corrected chi connectivity index (χ2v) is 6.06. The van der Waals surface area contributed by atoms with Crippen LogP contribution in [0.25, 0.3) is 0 Å². The number of anilines is 2. The van der Waals surface area contributed by atoms with Crippen LogP contribution in [-0.2, 0) is 20.7 Å². The summed E-state index contributed by atoms with van der Waals surface area (Å²) in [5.74, 6) is -1.68. The van der Waals surface area contributed by atoms with Gasteiger partial charge in [0.2, 0.25) is 5.91 Å². The molecule has 142 valence electrons. The summed E-state index contributed by atoms with van der Waals surface area (Å²) >= 11 is 5.78. The van der Waals surface area contributed by atoms with E-state index in [1.54, 1.807) is 6.07 Å². The first-order valence-corrected chi connectivity index (χ1v) is 8.65. The Morgan fingerprint density at radius 3 is 2.56 bits per heavy atom. The predicted molar refractivity (Wildman–Crippen MR) is 104 cm³/mol. The van der Waals surface area contributed by atoms with Crippen molar-refractivity contribution < 1.29 is 19.1 Å². The van der Waals surface area contributed by atoms with E-state index < -0.39 is 18.5 Å². The standard InChI is InChI=1S/C19H20ClN3O4/c1-2-12-5-3-4-6-16(12)23-17(24)10-22-18(25)11-27-19(26)13-7-8-14(20)15(21)9-13/h3-9H,2,10-11,21H2,1H3,(H,22,25)(H,23,24). The van der Waals surface area contributed by atoms with E-state index in [4.69, 9.17) is 22.1 Å². The van der Waals surface area contributed by atoms with Gasteiger partial charge in [0.25, 0.3) is 5.91 Å². The molecular weight excluding hydrogens is 370 g/mol. The fraction of sp³-hybridized carbons (Fsp3) is 0.211. The maximum atomic E-state index is 12.0. The molecule has 2 rings (SSSR count). The minimum absolute atomic E-state index is 0.179. The second kappa shape index (κ2) is 9.59. The number of nitrogens with one attached hydrogen (secondary N) is 2. The molecule has 27 heavy (non-hydrogen) atoms. The second-order valence-electron chi connectivity index (χ2n) is 5.65. The molecule has 4 N–H and O–H groups in total. The highest BCUT2D eigenvalue weighted by Gasteiger charge is 2.13. The molecule has 0 fully saturated rings. The number of amides is 2. The van der Waals surface area contributed by atoms with Gasteiger partial charge >= 0.3 is 5.97 Å². The molecule has 0 aliphatic carbocycles. The first-order chi connectivity index (χ1) is 12.9. The van der Waals surface area contributed by atoms with Crippen LogP contribution in [-0.4, -0.2) is 30.9 Å². The topological polar surface area (TPSA) is 111 Å². The monoisotopic (exact) mass is 389 g/mol. The molecule has 0 aromatic heterocycles. The average molecular weight is 390 g/mol. The van der Waals surface area contributed by atoms with Crippen LogP contribution >= 0.6 is 11.6 Å². The van der Waals surface area contributed by atoms with E-state index in [-0.39, 0.29) is 23.7 Å². The van der Waals surface area contributed by atoms with Crippen LogP contribution in [0.3, 0.4) is 0 Å². The largest absolute Gasteiger partial charge is 0.452 e. The van der Waals surface area contributed by atoms with Gasteiger partial charge in [0.15, 0.2) is 6.61 Å². The highest BCUT2D eigenvalue weighted by molar-refractivity contribution is 6.33. The fourth-order valence-corrected chi connectivity index (χ4v) is 2.38. The number of nitrogens with two attached hydrogens (primary N) is 1. The van der Waals surface area contributed by atoms with Crippen molar-refractivity contribution in [3.05, 3.63) is 58.6 Å². The normalized spacial score (nSPS) is 10.1. The summed E-state index contributed by atoms with van der Waals surface area (Å²) in [6.07, 6.45) is 0.772. The van der Waals surface area contributed by atoms with Crippen LogP contribution in [0.5, 0.6) is 0 Å². The van der Waals surface area contributed by atoms with E-state index in [1.807, 2.05) is 25.1 Å². The van der Waals surface area contributed by atoms with Crippen molar-refractivity contribution in [2.75, 3.05) is 24.2 Å². The van der Waals surface area contributed by atoms with E-state index in [1.165, 1.54) is 18.2 Å². The zero-order valence-electron chi connectivity index (χ0n) is 14.8. The molecule has 0 radical (unpaired) electrons. The van der Waals surface area contributed by atoms with Crippen LogP contribution < -0.4 is 16.4 Å². The summed E-state index contributed by atoms with van der Waals surface area (Å²) in [4.78, 5) is 35.6. The van der Waals surface area contributed by atoms with Crippen molar-refractivity contribution in [3.8, 4) is 0 Å². The van der Waals surface area contributed by atoms with Crippen molar-refractivity contribution >= 4 is 40.8 Å². The molecule has 0 aliphatic rings. The van der Waals surface area contributed by atoms with Crippen molar-refractivity contribution in [1.82, 2.24) is 5.32 Å². The summed E-state index contributed by atoms with van der Waals surface area (Å²) in [7, 11) is 0. The Hall–Kier alpha value is -3.06. The summed E-state index contributed by atoms with van der Waals surface area (Å²) in [5, 5.41) is 5.44. The van der Waals surface area contributed by atoms with Gasteiger partial charge in [0.05, 0.1) is 22.8 Å². The van der Waals surface area contributed by atoms with Crippen LogP contribution in [0.1, 0.15) is 22.8 Å². The van der Waals surface area contributed by atoms with Crippen LogP contribution in [0.4, 0.5) is 11.4 Å². The van der Waals surface area contributed by atoms with Gasteiger partial charge in [0, 0.05) is 5.69 Å². The number of hydrogen-bond acceptors (Lipinski definition) is 5. The average Bonchev–Trinajstić information content (AvgIpc) is 2.67. The first-order valence-electron chi connectivity index (χ1n) is 8.27. The summed E-state index contributed by atoms with van der Waals surface area (Å²) in [6, 6.07) is 11.7. The number of benzene rings is 2. The lowest BCUT2D eigenvalue weighted by Crippen LogP contribution is -2.35. The third-order valence-corrected chi connectivity index (χ3v) is 4.03. The SMILES string of the molecule is CCc1ccccc1NC(=O)CNC(=O)COC(=O)c1ccc(Cl)c(N)c1. The van der Waals surface area contributed by atoms with E-state index in [0.29, 0.717) is 10.7 Å². The Balaban J connectivity index is 1.77. The minimum Gasteiger partial charge on any atom is -0.452 e. The molecule has 0 saturated carbocycles. The van der Waals surface area contributed by atoms with Gasteiger partial charge in [-0.15, -0.1) is 0 Å². The number of carbonyl (C=O) groups excluding carboxylic acids is 3. The van der Waals surface area contributed by atoms with Gasteiger partial charge in [-0.2, -0.15) is 0 Å². The molecule has 0 unspecified atom stereocenters. The van der Waals surface area contributed by atoms with Gasteiger partial charge in [-0.1, -0.05) is 36.7 Å². The maximum Gasteiger partial charge on any atom is 0.338 e. The number of halogens is 1. The highest BCUT2D eigenvalue weighted by Crippen LogP contribution is 2.19. The molecule has 8 heteroatoms. The lowest BCUT2D eigenvalue weighted by molar-refractivity contribution is -0.126. The number of aryl methyl sites for hydroxylation is 1. The van der Waals surface area contributed by atoms with Crippen molar-refractivity contribution in [1.29, 1.82) is 0 Å². The number of ether oxygens (including phenoxy) is 1. The molecule has 0 atom stereocenters. The van der Waals surface area contributed by atoms with Crippen LogP contribution in [0, 0.1) is 0 Å². The zero-order chi connectivity index (χ0) is 19.8. The third-order valence-electron chi connectivity index (χ3n) is 3.68. The smallest absolute Gasteiger partial charge is 0.338 e. The maximum absolute atomic E-state index is 12.0. The number of nitrogen functional groups attached to an aromatic ring is 1. The Morgan fingerprint density at radius 2 is 1.85 bits per heavy atom. The number of rotatable bonds is 7. The highest BCUT2D eigenvalue weighted by atomic mass is 35.5. The Kier molecular flexibility index (Phi) is 7.19. The molecule has 2 aromatic rings. The Bertz CT molecular complexity index is 855. The van der Waals surface area contributed by atoms with Gasteiger partial charge in [0.1, 0.15) is 0 Å². The van der Waals surface area contributed by atoms with Crippen LogP contribution in [0.15, 0.2) is 42.5 Å². The Labute approximate surface area is 161 Å². The fourth-order valence-electron chi connectivity index (χ4n) is 2.26. The molecular formula is C19H20ClN3O4. The van der Waals surface area contributed by atoms with Gasteiger partial charge in [-0.25, -0.2) is 4.79 Å². The lowest BCUT2D eigenvalue weighted by Gasteiger charge is -2.10. The first kappa shape index (κ1) is 20.3. The molecule has 0 bridgehead atoms. The van der Waals surface area contributed by atoms with Gasteiger partial charge < -0.3 is 21.1 Å².